The van der Waals surface area contributed by atoms with Crippen molar-refractivity contribution in [1.29, 1.82) is 0 Å². The average molecular weight is 579 g/mol. The Labute approximate surface area is 242 Å². The number of carboxylic acids is 1. The summed E-state index contributed by atoms with van der Waals surface area (Å²) in [6.07, 6.45) is 0.492. The highest BCUT2D eigenvalue weighted by atomic mass is 32.3. The van der Waals surface area contributed by atoms with Crippen LogP contribution in [-0.2, 0) is 18.4 Å². The predicted octanol–water partition coefficient (Wildman–Crippen LogP) is 6.53. The summed E-state index contributed by atoms with van der Waals surface area (Å²) in [5, 5.41) is 18.9. The van der Waals surface area contributed by atoms with Crippen LogP contribution < -0.4 is 4.74 Å². The minimum atomic E-state index is -3.34. The van der Waals surface area contributed by atoms with Gasteiger partial charge in [0.1, 0.15) is 22.3 Å². The second kappa shape index (κ2) is 10.8. The zero-order valence-electron chi connectivity index (χ0n) is 24.3. The summed E-state index contributed by atoms with van der Waals surface area (Å²) < 4.78 is 32.6. The molecule has 0 spiro atoms. The summed E-state index contributed by atoms with van der Waals surface area (Å²) in [5.41, 5.74) is 4.92. The molecule has 4 aromatic rings. The Kier molecular flexibility index (Phi) is 7.63. The van der Waals surface area contributed by atoms with Crippen molar-refractivity contribution < 1.29 is 23.7 Å². The molecule has 5 rings (SSSR count). The second-order valence-electron chi connectivity index (χ2n) is 11.4. The van der Waals surface area contributed by atoms with Crippen molar-refractivity contribution in [3.63, 3.8) is 0 Å². The summed E-state index contributed by atoms with van der Waals surface area (Å²) in [6.45, 7) is 10.0. The molecule has 218 valence electrons. The highest BCUT2D eigenvalue weighted by Gasteiger charge is 2.41. The number of aryl methyl sites for hydroxylation is 3. The molecule has 0 saturated heterocycles. The number of benzene rings is 3. The number of rotatable bonds is 7. The van der Waals surface area contributed by atoms with Gasteiger partial charge in [-0.05, 0) is 80.1 Å². The van der Waals surface area contributed by atoms with Crippen molar-refractivity contribution in [3.8, 4) is 5.75 Å². The molecule has 3 aromatic carbocycles. The van der Waals surface area contributed by atoms with Gasteiger partial charge in [0.05, 0.1) is 17.5 Å². The van der Waals surface area contributed by atoms with Crippen molar-refractivity contribution >= 4 is 27.8 Å². The SMILES string of the molecule is CCC1CN(Cc2cc(C(c3ccc4c(nnn4C)c3C)C(C)(C)C(=O)O)ccc2C)S(O)(O)c2ccccc2O1. The lowest BCUT2D eigenvalue weighted by atomic mass is 9.69. The maximum Gasteiger partial charge on any atom is 0.310 e. The van der Waals surface area contributed by atoms with Gasteiger partial charge in [-0.25, -0.2) is 4.68 Å². The number of hydrogen-bond donors (Lipinski definition) is 3. The number of nitrogens with zero attached hydrogens (tertiary/aromatic N) is 4. The molecular weight excluding hydrogens is 540 g/mol. The molecule has 10 heteroatoms. The van der Waals surface area contributed by atoms with Gasteiger partial charge in [0, 0.05) is 19.5 Å². The van der Waals surface area contributed by atoms with Crippen LogP contribution in [0, 0.1) is 19.3 Å². The molecule has 41 heavy (non-hydrogen) atoms. The van der Waals surface area contributed by atoms with E-state index in [4.69, 9.17) is 4.74 Å². The first-order valence-corrected chi connectivity index (χ1v) is 15.3. The van der Waals surface area contributed by atoms with Gasteiger partial charge in [0.25, 0.3) is 0 Å². The topological polar surface area (TPSA) is 121 Å². The van der Waals surface area contributed by atoms with E-state index in [1.165, 1.54) is 0 Å². The van der Waals surface area contributed by atoms with Crippen LogP contribution in [0.4, 0.5) is 0 Å². The number of para-hydroxylation sites is 1. The van der Waals surface area contributed by atoms with Gasteiger partial charge in [-0.15, -0.1) is 15.9 Å². The minimum Gasteiger partial charge on any atom is -0.487 e. The van der Waals surface area contributed by atoms with Gasteiger partial charge in [0.15, 0.2) is 0 Å². The summed E-state index contributed by atoms with van der Waals surface area (Å²) in [5.74, 6) is -0.919. The summed E-state index contributed by atoms with van der Waals surface area (Å²) in [7, 11) is -1.50. The van der Waals surface area contributed by atoms with Crippen molar-refractivity contribution in [1.82, 2.24) is 19.3 Å². The molecule has 9 nitrogen and oxygen atoms in total. The molecule has 0 aliphatic carbocycles. The van der Waals surface area contributed by atoms with E-state index >= 15 is 0 Å². The normalized spacial score (nSPS) is 18.8. The fourth-order valence-corrected chi connectivity index (χ4v) is 7.35. The van der Waals surface area contributed by atoms with Crippen LogP contribution in [0.2, 0.25) is 0 Å². The first kappa shape index (κ1) is 29.1. The molecule has 0 bridgehead atoms. The summed E-state index contributed by atoms with van der Waals surface area (Å²) in [6, 6.07) is 17.0. The number of fused-ring (bicyclic) bond motifs is 2. The molecule has 2 heterocycles. The van der Waals surface area contributed by atoms with E-state index in [0.29, 0.717) is 23.6 Å². The smallest absolute Gasteiger partial charge is 0.310 e. The van der Waals surface area contributed by atoms with E-state index in [9.17, 15) is 19.0 Å². The van der Waals surface area contributed by atoms with E-state index < -0.39 is 28.1 Å². The van der Waals surface area contributed by atoms with Gasteiger partial charge in [0.2, 0.25) is 0 Å². The van der Waals surface area contributed by atoms with Gasteiger partial charge >= 0.3 is 5.97 Å². The van der Waals surface area contributed by atoms with Crippen LogP contribution in [-0.4, -0.2) is 52.1 Å². The number of aliphatic carboxylic acids is 1. The molecule has 2 atom stereocenters. The third kappa shape index (κ3) is 5.10. The molecule has 0 amide bonds. The molecule has 0 saturated carbocycles. The van der Waals surface area contributed by atoms with Gasteiger partial charge in [-0.2, -0.15) is 4.31 Å². The number of ether oxygens (including phenoxy) is 1. The highest BCUT2D eigenvalue weighted by Crippen LogP contribution is 2.57. The number of carboxylic acid groups (broad SMARTS) is 1. The molecular formula is C31H38N4O5S. The Bertz CT molecular complexity index is 1620. The lowest BCUT2D eigenvalue weighted by Gasteiger charge is -2.42. The van der Waals surface area contributed by atoms with Crippen LogP contribution in [0.15, 0.2) is 59.5 Å². The van der Waals surface area contributed by atoms with E-state index in [1.54, 1.807) is 41.0 Å². The number of hydrogen-bond acceptors (Lipinski definition) is 7. The van der Waals surface area contributed by atoms with Crippen molar-refractivity contribution in [2.45, 2.75) is 64.5 Å². The zero-order chi connectivity index (χ0) is 29.7. The van der Waals surface area contributed by atoms with Gasteiger partial charge in [-0.1, -0.05) is 48.5 Å². The van der Waals surface area contributed by atoms with Crippen LogP contribution in [0.25, 0.3) is 11.0 Å². The molecule has 0 fully saturated rings. The molecule has 1 aliphatic rings. The predicted molar refractivity (Wildman–Crippen MR) is 160 cm³/mol. The number of aromatic nitrogens is 3. The zero-order valence-corrected chi connectivity index (χ0v) is 25.1. The first-order chi connectivity index (χ1) is 19.4. The van der Waals surface area contributed by atoms with Crippen LogP contribution >= 0.6 is 10.8 Å². The standard InChI is InChI=1S/C31H38N4O5S/c1-7-23-18-35(41(38,39)27-11-9-8-10-26(27)40-23)17-22-16-21(13-12-19(22)2)28(31(4,5)30(36)37)24-14-15-25-29(20(24)3)32-33-34(25)6/h8-16,23,28,38-39H,7,17-18H2,1-6H3,(H,36,37). The Morgan fingerprint density at radius 1 is 1.15 bits per heavy atom. The van der Waals surface area contributed by atoms with Crippen LogP contribution in [0.5, 0.6) is 5.75 Å². The minimum absolute atomic E-state index is 0.214. The third-order valence-corrected chi connectivity index (χ3v) is 10.3. The van der Waals surface area contributed by atoms with Crippen LogP contribution in [0.1, 0.15) is 60.9 Å². The summed E-state index contributed by atoms with van der Waals surface area (Å²) in [4.78, 5) is 13.0. The fourth-order valence-electron chi connectivity index (χ4n) is 5.73. The molecule has 1 aliphatic heterocycles. The van der Waals surface area contributed by atoms with Gasteiger partial charge in [-0.3, -0.25) is 13.9 Å². The maximum atomic E-state index is 12.6. The maximum absolute atomic E-state index is 12.6. The largest absolute Gasteiger partial charge is 0.487 e. The molecule has 3 N–H and O–H groups in total. The molecule has 2 unspecified atom stereocenters. The van der Waals surface area contributed by atoms with Crippen molar-refractivity contribution in [3.05, 3.63) is 82.4 Å². The lowest BCUT2D eigenvalue weighted by Crippen LogP contribution is -2.35. The molecule has 1 aromatic heterocycles. The second-order valence-corrected chi connectivity index (χ2v) is 13.4. The van der Waals surface area contributed by atoms with Crippen LogP contribution in [0.3, 0.4) is 0 Å². The van der Waals surface area contributed by atoms with E-state index in [-0.39, 0.29) is 12.6 Å². The fraction of sp³-hybridized carbons (Fsp3) is 0.387. The summed E-state index contributed by atoms with van der Waals surface area (Å²) >= 11 is 0. The lowest BCUT2D eigenvalue weighted by molar-refractivity contribution is -0.147. The van der Waals surface area contributed by atoms with Crippen molar-refractivity contribution in [2.75, 3.05) is 6.54 Å². The van der Waals surface area contributed by atoms with Crippen molar-refractivity contribution in [2.24, 2.45) is 12.5 Å². The van der Waals surface area contributed by atoms with E-state index in [0.717, 1.165) is 38.9 Å². The Morgan fingerprint density at radius 3 is 2.59 bits per heavy atom. The third-order valence-electron chi connectivity index (χ3n) is 8.38. The van der Waals surface area contributed by atoms with E-state index in [2.05, 4.69) is 10.3 Å². The monoisotopic (exact) mass is 578 g/mol. The van der Waals surface area contributed by atoms with Gasteiger partial charge < -0.3 is 9.84 Å². The Hall–Kier alpha value is -3.44. The Morgan fingerprint density at radius 2 is 1.88 bits per heavy atom. The average Bonchev–Trinajstić information content (AvgIpc) is 3.27. The van der Waals surface area contributed by atoms with E-state index in [1.807, 2.05) is 64.2 Å². The quantitative estimate of drug-likeness (QED) is 0.226. The molecule has 0 radical (unpaired) electrons. The number of carbonyl (C=O) groups is 1. The highest BCUT2D eigenvalue weighted by molar-refractivity contribution is 8.22. The Balaban J connectivity index is 1.61. The first-order valence-electron chi connectivity index (χ1n) is 13.8.